The Balaban J connectivity index is 3.21. The first-order valence-corrected chi connectivity index (χ1v) is 7.15. The van der Waals surface area contributed by atoms with Crippen LogP contribution >= 0.6 is 15.9 Å². The lowest BCUT2D eigenvalue weighted by Gasteiger charge is -2.32. The molecule has 0 aliphatic carbocycles. The van der Waals surface area contributed by atoms with Crippen molar-refractivity contribution in [1.82, 2.24) is 9.29 Å². The SMILES string of the molecule is CN(C(C)(C)CO)S(=O)(=O)c1cncc(Br)c1. The molecule has 0 aliphatic rings. The van der Waals surface area contributed by atoms with Crippen LogP contribution in [0.3, 0.4) is 0 Å². The van der Waals surface area contributed by atoms with Gasteiger partial charge in [0.25, 0.3) is 0 Å². The third-order valence-electron chi connectivity index (χ3n) is 2.58. The maximum atomic E-state index is 12.2. The van der Waals surface area contributed by atoms with Gasteiger partial charge in [-0.3, -0.25) is 4.98 Å². The number of aliphatic hydroxyl groups excluding tert-OH is 1. The zero-order valence-corrected chi connectivity index (χ0v) is 12.3. The summed E-state index contributed by atoms with van der Waals surface area (Å²) in [7, 11) is -2.21. The van der Waals surface area contributed by atoms with Crippen LogP contribution < -0.4 is 0 Å². The lowest BCUT2D eigenvalue weighted by atomic mass is 10.1. The van der Waals surface area contributed by atoms with Gasteiger partial charge in [0.15, 0.2) is 0 Å². The second-order valence-electron chi connectivity index (χ2n) is 4.28. The van der Waals surface area contributed by atoms with Gasteiger partial charge < -0.3 is 5.11 Å². The fourth-order valence-corrected chi connectivity index (χ4v) is 3.13. The van der Waals surface area contributed by atoms with E-state index >= 15 is 0 Å². The molecule has 5 nitrogen and oxygen atoms in total. The van der Waals surface area contributed by atoms with Crippen molar-refractivity contribution in [2.24, 2.45) is 0 Å². The molecule has 17 heavy (non-hydrogen) atoms. The van der Waals surface area contributed by atoms with Crippen LogP contribution in [0.2, 0.25) is 0 Å². The van der Waals surface area contributed by atoms with Crippen LogP contribution in [-0.2, 0) is 10.0 Å². The molecule has 0 unspecified atom stereocenters. The Morgan fingerprint density at radius 3 is 2.53 bits per heavy atom. The van der Waals surface area contributed by atoms with Crippen LogP contribution in [0.5, 0.6) is 0 Å². The maximum absolute atomic E-state index is 12.2. The summed E-state index contributed by atoms with van der Waals surface area (Å²) < 4.78 is 26.2. The van der Waals surface area contributed by atoms with Gasteiger partial charge in [0.1, 0.15) is 4.90 Å². The van der Waals surface area contributed by atoms with E-state index in [4.69, 9.17) is 0 Å². The maximum Gasteiger partial charge on any atom is 0.244 e. The van der Waals surface area contributed by atoms with E-state index in [1.807, 2.05) is 0 Å². The van der Waals surface area contributed by atoms with E-state index in [1.54, 1.807) is 13.8 Å². The van der Waals surface area contributed by atoms with Crippen molar-refractivity contribution in [2.75, 3.05) is 13.7 Å². The van der Waals surface area contributed by atoms with E-state index in [1.165, 1.54) is 25.5 Å². The van der Waals surface area contributed by atoms with Crippen LogP contribution in [0.25, 0.3) is 0 Å². The van der Waals surface area contributed by atoms with Gasteiger partial charge in [-0.15, -0.1) is 0 Å². The molecule has 1 aromatic rings. The van der Waals surface area contributed by atoms with Crippen molar-refractivity contribution < 1.29 is 13.5 Å². The highest BCUT2D eigenvalue weighted by Crippen LogP contribution is 2.23. The number of rotatable bonds is 4. The number of nitrogens with zero attached hydrogens (tertiary/aromatic N) is 2. The third-order valence-corrected chi connectivity index (χ3v) is 5.05. The average molecular weight is 323 g/mol. The monoisotopic (exact) mass is 322 g/mol. The van der Waals surface area contributed by atoms with Crippen molar-refractivity contribution in [3.63, 3.8) is 0 Å². The Kier molecular flexibility index (Phi) is 4.29. The molecule has 96 valence electrons. The van der Waals surface area contributed by atoms with E-state index in [-0.39, 0.29) is 11.5 Å². The van der Waals surface area contributed by atoms with Crippen LogP contribution in [0.15, 0.2) is 27.8 Å². The highest BCUT2D eigenvalue weighted by atomic mass is 79.9. The molecule has 1 heterocycles. The first-order valence-electron chi connectivity index (χ1n) is 4.92. The van der Waals surface area contributed by atoms with E-state index in [0.29, 0.717) is 4.47 Å². The minimum Gasteiger partial charge on any atom is -0.394 e. The summed E-state index contributed by atoms with van der Waals surface area (Å²) in [6.45, 7) is 3.04. The minimum atomic E-state index is -3.65. The van der Waals surface area contributed by atoms with Crippen LogP contribution in [0.4, 0.5) is 0 Å². The molecular formula is C10H15BrN2O3S. The Bertz CT molecular complexity index is 502. The number of halogens is 1. The zero-order chi connectivity index (χ0) is 13.3. The fourth-order valence-electron chi connectivity index (χ4n) is 1.12. The van der Waals surface area contributed by atoms with Gasteiger partial charge >= 0.3 is 0 Å². The molecular weight excluding hydrogens is 308 g/mol. The van der Waals surface area contributed by atoms with E-state index in [9.17, 15) is 13.5 Å². The molecule has 0 radical (unpaired) electrons. The topological polar surface area (TPSA) is 70.5 Å². The fraction of sp³-hybridized carbons (Fsp3) is 0.500. The average Bonchev–Trinajstić information content (AvgIpc) is 2.28. The lowest BCUT2D eigenvalue weighted by molar-refractivity contribution is 0.138. The summed E-state index contributed by atoms with van der Waals surface area (Å²) in [5, 5.41) is 9.20. The summed E-state index contributed by atoms with van der Waals surface area (Å²) in [5.74, 6) is 0. The number of pyridine rings is 1. The second kappa shape index (κ2) is 5.01. The minimum absolute atomic E-state index is 0.0934. The molecule has 0 saturated carbocycles. The van der Waals surface area contributed by atoms with Crippen molar-refractivity contribution >= 4 is 26.0 Å². The number of sulfonamides is 1. The summed E-state index contributed by atoms with van der Waals surface area (Å²) in [4.78, 5) is 3.92. The molecule has 1 N–H and O–H groups in total. The molecule has 0 bridgehead atoms. The van der Waals surface area contributed by atoms with E-state index in [0.717, 1.165) is 4.31 Å². The largest absolute Gasteiger partial charge is 0.394 e. The molecule has 1 rings (SSSR count). The predicted octanol–water partition coefficient (Wildman–Crippen LogP) is 1.24. The number of hydrogen-bond donors (Lipinski definition) is 1. The number of aliphatic hydroxyl groups is 1. The van der Waals surface area contributed by atoms with Crippen molar-refractivity contribution in [3.8, 4) is 0 Å². The van der Waals surface area contributed by atoms with E-state index in [2.05, 4.69) is 20.9 Å². The van der Waals surface area contributed by atoms with Crippen LogP contribution in [-0.4, -0.2) is 42.0 Å². The van der Waals surface area contributed by atoms with Gasteiger partial charge in [-0.2, -0.15) is 4.31 Å². The number of likely N-dealkylation sites (N-methyl/N-ethyl adjacent to an activating group) is 1. The second-order valence-corrected chi connectivity index (χ2v) is 7.17. The summed E-state index contributed by atoms with van der Waals surface area (Å²) in [5.41, 5.74) is -0.860. The zero-order valence-electron chi connectivity index (χ0n) is 9.88. The van der Waals surface area contributed by atoms with Gasteiger partial charge in [-0.05, 0) is 35.8 Å². The molecule has 7 heteroatoms. The first-order chi connectivity index (χ1) is 7.71. The van der Waals surface area contributed by atoms with Gasteiger partial charge in [0, 0.05) is 23.9 Å². The quantitative estimate of drug-likeness (QED) is 0.905. The predicted molar refractivity (Wildman–Crippen MR) is 68.1 cm³/mol. The molecule has 0 aromatic carbocycles. The first kappa shape index (κ1) is 14.6. The van der Waals surface area contributed by atoms with Crippen molar-refractivity contribution in [1.29, 1.82) is 0 Å². The van der Waals surface area contributed by atoms with Crippen LogP contribution in [0, 0.1) is 0 Å². The highest BCUT2D eigenvalue weighted by Gasteiger charge is 2.33. The molecule has 0 amide bonds. The standard InChI is InChI=1S/C10H15BrN2O3S/c1-10(2,7-14)13(3)17(15,16)9-4-8(11)5-12-6-9/h4-6,14H,7H2,1-3H3. The Morgan fingerprint density at radius 2 is 2.06 bits per heavy atom. The van der Waals surface area contributed by atoms with Crippen LogP contribution in [0.1, 0.15) is 13.8 Å². The van der Waals surface area contributed by atoms with E-state index < -0.39 is 15.6 Å². The number of aromatic nitrogens is 1. The molecule has 0 aliphatic heterocycles. The Hall–Kier alpha value is -0.500. The van der Waals surface area contributed by atoms with Gasteiger partial charge in [0.2, 0.25) is 10.0 Å². The van der Waals surface area contributed by atoms with Gasteiger partial charge in [0.05, 0.1) is 12.1 Å². The summed E-state index contributed by atoms with van der Waals surface area (Å²) in [6.07, 6.45) is 2.79. The molecule has 0 atom stereocenters. The Labute approximate surface area is 110 Å². The highest BCUT2D eigenvalue weighted by molar-refractivity contribution is 9.10. The Morgan fingerprint density at radius 1 is 1.47 bits per heavy atom. The molecule has 0 saturated heterocycles. The number of hydrogen-bond acceptors (Lipinski definition) is 4. The van der Waals surface area contributed by atoms with Crippen molar-refractivity contribution in [2.45, 2.75) is 24.3 Å². The molecule has 0 fully saturated rings. The lowest BCUT2D eigenvalue weighted by Crippen LogP contribution is -2.47. The molecule has 1 aromatic heterocycles. The summed E-state index contributed by atoms with van der Waals surface area (Å²) in [6, 6.07) is 1.48. The van der Waals surface area contributed by atoms with Gasteiger partial charge in [-0.25, -0.2) is 8.42 Å². The molecule has 0 spiro atoms. The smallest absolute Gasteiger partial charge is 0.244 e. The summed E-state index contributed by atoms with van der Waals surface area (Å²) >= 11 is 3.18. The van der Waals surface area contributed by atoms with Crippen molar-refractivity contribution in [3.05, 3.63) is 22.9 Å². The normalized spacial score (nSPS) is 13.1. The third kappa shape index (κ3) is 3.04. The van der Waals surface area contributed by atoms with Gasteiger partial charge in [-0.1, -0.05) is 0 Å².